The van der Waals surface area contributed by atoms with Gasteiger partial charge in [-0.15, -0.1) is 0 Å². The first-order valence-electron chi connectivity index (χ1n) is 4.40. The molecule has 0 aromatic heterocycles. The molecule has 1 aromatic rings. The van der Waals surface area contributed by atoms with Crippen LogP contribution in [0.15, 0.2) is 30.3 Å². The fraction of sp³-hybridized carbons (Fsp3) is 0.455. The van der Waals surface area contributed by atoms with Crippen LogP contribution in [0.1, 0.15) is 26.3 Å². The van der Waals surface area contributed by atoms with Crippen LogP contribution < -0.4 is 5.73 Å². The molecule has 0 saturated carbocycles. The van der Waals surface area contributed by atoms with Crippen molar-refractivity contribution in [2.45, 2.75) is 27.3 Å². The predicted molar refractivity (Wildman–Crippen MR) is 54.8 cm³/mol. The first-order valence-corrected chi connectivity index (χ1v) is 4.40. The van der Waals surface area contributed by atoms with Gasteiger partial charge < -0.3 is 5.73 Å². The van der Waals surface area contributed by atoms with Crippen LogP contribution in [0, 0.1) is 5.92 Å². The third kappa shape index (κ3) is 7.29. The van der Waals surface area contributed by atoms with Crippen LogP contribution in [0.3, 0.4) is 0 Å². The average molecular weight is 165 g/mol. The van der Waals surface area contributed by atoms with Crippen LogP contribution in [0.5, 0.6) is 0 Å². The molecule has 0 radical (unpaired) electrons. The lowest BCUT2D eigenvalue weighted by Gasteiger charge is -1.90. The van der Waals surface area contributed by atoms with Gasteiger partial charge in [0.1, 0.15) is 0 Å². The molecule has 1 rings (SSSR count). The molecule has 0 amide bonds. The van der Waals surface area contributed by atoms with E-state index >= 15 is 0 Å². The van der Waals surface area contributed by atoms with E-state index in [-0.39, 0.29) is 0 Å². The highest BCUT2D eigenvalue weighted by Gasteiger charge is 1.80. The molecule has 0 aliphatic heterocycles. The molecule has 0 bridgehead atoms. The lowest BCUT2D eigenvalue weighted by molar-refractivity contribution is 0.737. The number of nitrogens with two attached hydrogens (primary N) is 1. The summed E-state index contributed by atoms with van der Waals surface area (Å²) in [4.78, 5) is 0. The van der Waals surface area contributed by atoms with Gasteiger partial charge in [0.25, 0.3) is 0 Å². The molecular weight excluding hydrogens is 146 g/mol. The largest absolute Gasteiger partial charge is 0.326 e. The molecule has 0 unspecified atom stereocenters. The number of benzene rings is 1. The molecule has 1 aromatic carbocycles. The van der Waals surface area contributed by atoms with Gasteiger partial charge in [0.05, 0.1) is 0 Å². The van der Waals surface area contributed by atoms with Crippen molar-refractivity contribution in [2.24, 2.45) is 11.7 Å². The number of hydrogen-bond acceptors (Lipinski definition) is 1. The average Bonchev–Trinajstić information content (AvgIpc) is 2.05. The van der Waals surface area contributed by atoms with E-state index in [2.05, 4.69) is 20.8 Å². The summed E-state index contributed by atoms with van der Waals surface area (Å²) in [6.07, 6.45) is 0. The van der Waals surface area contributed by atoms with E-state index in [1.165, 1.54) is 5.56 Å². The zero-order chi connectivity index (χ0) is 9.40. The Morgan fingerprint density at radius 1 is 1.08 bits per heavy atom. The van der Waals surface area contributed by atoms with Crippen molar-refractivity contribution < 1.29 is 0 Å². The Morgan fingerprint density at radius 3 is 1.75 bits per heavy atom. The Balaban J connectivity index is 0.000000261. The Hall–Kier alpha value is -0.820. The molecule has 0 atom stereocenters. The van der Waals surface area contributed by atoms with Crippen LogP contribution in [0.4, 0.5) is 0 Å². The standard InChI is InChI=1S/C7H9N.C4H10/c8-6-7-4-2-1-3-5-7;1-4(2)3/h1-5H,6,8H2;4H,1-3H3. The van der Waals surface area contributed by atoms with E-state index in [9.17, 15) is 0 Å². The first-order chi connectivity index (χ1) is 5.66. The van der Waals surface area contributed by atoms with E-state index in [1.54, 1.807) is 0 Å². The fourth-order valence-electron chi connectivity index (χ4n) is 0.614. The SMILES string of the molecule is CC(C)C.NCc1ccccc1. The van der Waals surface area contributed by atoms with Crippen LogP contribution in [-0.4, -0.2) is 0 Å². The van der Waals surface area contributed by atoms with E-state index in [4.69, 9.17) is 5.73 Å². The minimum atomic E-state index is 0.640. The molecule has 68 valence electrons. The molecule has 1 heteroatoms. The van der Waals surface area contributed by atoms with Crippen LogP contribution in [0.25, 0.3) is 0 Å². The minimum absolute atomic E-state index is 0.640. The highest BCUT2D eigenvalue weighted by atomic mass is 14.5. The Kier molecular flexibility index (Phi) is 6.39. The van der Waals surface area contributed by atoms with Crippen molar-refractivity contribution in [2.75, 3.05) is 0 Å². The van der Waals surface area contributed by atoms with Gasteiger partial charge in [-0.1, -0.05) is 51.1 Å². The molecule has 0 aliphatic carbocycles. The van der Waals surface area contributed by atoms with Gasteiger partial charge in [-0.05, 0) is 11.5 Å². The van der Waals surface area contributed by atoms with E-state index in [0.29, 0.717) is 6.54 Å². The van der Waals surface area contributed by atoms with Crippen molar-refractivity contribution in [1.29, 1.82) is 0 Å². The second-order valence-corrected chi connectivity index (χ2v) is 3.42. The summed E-state index contributed by atoms with van der Waals surface area (Å²) >= 11 is 0. The summed E-state index contributed by atoms with van der Waals surface area (Å²) in [7, 11) is 0. The summed E-state index contributed by atoms with van der Waals surface area (Å²) in [5.74, 6) is 0.833. The minimum Gasteiger partial charge on any atom is -0.326 e. The van der Waals surface area contributed by atoms with Gasteiger partial charge >= 0.3 is 0 Å². The third-order valence-electron chi connectivity index (χ3n) is 1.08. The molecule has 1 nitrogen and oxygen atoms in total. The summed E-state index contributed by atoms with van der Waals surface area (Å²) in [6, 6.07) is 9.99. The number of hydrogen-bond donors (Lipinski definition) is 1. The Morgan fingerprint density at radius 2 is 1.50 bits per heavy atom. The van der Waals surface area contributed by atoms with Crippen LogP contribution in [0.2, 0.25) is 0 Å². The van der Waals surface area contributed by atoms with E-state index in [0.717, 1.165) is 5.92 Å². The van der Waals surface area contributed by atoms with Gasteiger partial charge in [-0.3, -0.25) is 0 Å². The van der Waals surface area contributed by atoms with Crippen molar-refractivity contribution >= 4 is 0 Å². The van der Waals surface area contributed by atoms with E-state index < -0.39 is 0 Å². The molecule has 0 spiro atoms. The summed E-state index contributed by atoms with van der Waals surface area (Å²) in [5.41, 5.74) is 6.54. The molecule has 12 heavy (non-hydrogen) atoms. The summed E-state index contributed by atoms with van der Waals surface area (Å²) in [5, 5.41) is 0. The Bertz CT molecular complexity index is 177. The molecule has 0 fully saturated rings. The fourth-order valence-corrected chi connectivity index (χ4v) is 0.614. The monoisotopic (exact) mass is 165 g/mol. The van der Waals surface area contributed by atoms with Crippen molar-refractivity contribution in [3.63, 3.8) is 0 Å². The summed E-state index contributed by atoms with van der Waals surface area (Å²) < 4.78 is 0. The highest BCUT2D eigenvalue weighted by molar-refractivity contribution is 5.13. The smallest absolute Gasteiger partial charge is 0.0178 e. The quantitative estimate of drug-likeness (QED) is 0.680. The normalized spacial score (nSPS) is 9.08. The maximum atomic E-state index is 5.35. The zero-order valence-corrected chi connectivity index (χ0v) is 8.25. The molecule has 2 N–H and O–H groups in total. The van der Waals surface area contributed by atoms with Crippen molar-refractivity contribution in [3.05, 3.63) is 35.9 Å². The van der Waals surface area contributed by atoms with Gasteiger partial charge in [-0.25, -0.2) is 0 Å². The van der Waals surface area contributed by atoms with E-state index in [1.807, 2.05) is 30.3 Å². The highest BCUT2D eigenvalue weighted by Crippen LogP contribution is 1.94. The lowest BCUT2D eigenvalue weighted by Crippen LogP contribution is -1.94. The van der Waals surface area contributed by atoms with Crippen LogP contribution in [-0.2, 0) is 6.54 Å². The van der Waals surface area contributed by atoms with Crippen molar-refractivity contribution in [3.8, 4) is 0 Å². The van der Waals surface area contributed by atoms with Crippen molar-refractivity contribution in [1.82, 2.24) is 0 Å². The van der Waals surface area contributed by atoms with Gasteiger partial charge in [0, 0.05) is 6.54 Å². The zero-order valence-electron chi connectivity index (χ0n) is 8.25. The predicted octanol–water partition coefficient (Wildman–Crippen LogP) is 2.81. The molecular formula is C11H19N. The second kappa shape index (κ2) is 6.86. The summed E-state index contributed by atoms with van der Waals surface area (Å²) in [6.45, 7) is 7.14. The molecule has 0 aliphatic rings. The maximum Gasteiger partial charge on any atom is 0.0178 e. The lowest BCUT2D eigenvalue weighted by atomic mass is 10.2. The van der Waals surface area contributed by atoms with Gasteiger partial charge in [-0.2, -0.15) is 0 Å². The third-order valence-corrected chi connectivity index (χ3v) is 1.08. The maximum absolute atomic E-state index is 5.35. The number of rotatable bonds is 1. The first kappa shape index (κ1) is 11.2. The Labute approximate surface area is 75.6 Å². The molecule has 0 heterocycles. The van der Waals surface area contributed by atoms with Crippen LogP contribution >= 0.6 is 0 Å². The van der Waals surface area contributed by atoms with Gasteiger partial charge in [0.15, 0.2) is 0 Å². The van der Waals surface area contributed by atoms with Gasteiger partial charge in [0.2, 0.25) is 0 Å². The topological polar surface area (TPSA) is 26.0 Å². The molecule has 0 saturated heterocycles. The second-order valence-electron chi connectivity index (χ2n) is 3.42.